The van der Waals surface area contributed by atoms with E-state index in [4.69, 9.17) is 9.15 Å². The van der Waals surface area contributed by atoms with Crippen LogP contribution >= 0.6 is 0 Å². The summed E-state index contributed by atoms with van der Waals surface area (Å²) in [5, 5.41) is 2.60. The van der Waals surface area contributed by atoms with Crippen LogP contribution in [0.15, 0.2) is 76.2 Å². The van der Waals surface area contributed by atoms with E-state index in [2.05, 4.69) is 5.32 Å². The van der Waals surface area contributed by atoms with Crippen molar-refractivity contribution in [2.24, 2.45) is 0 Å². The molecular formula is C25H28N2O5S. The molecule has 1 fully saturated rings. The topological polar surface area (TPSA) is 88.8 Å². The van der Waals surface area contributed by atoms with Gasteiger partial charge in [-0.1, -0.05) is 61.0 Å². The average molecular weight is 469 g/mol. The Morgan fingerprint density at radius 1 is 0.879 bits per heavy atom. The maximum absolute atomic E-state index is 12.7. The maximum Gasteiger partial charge on any atom is 0.287 e. The summed E-state index contributed by atoms with van der Waals surface area (Å²) in [4.78, 5) is 12.5. The lowest BCUT2D eigenvalue weighted by Gasteiger charge is -2.24. The van der Waals surface area contributed by atoms with Crippen molar-refractivity contribution in [3.05, 3.63) is 89.2 Å². The Bertz CT molecular complexity index is 1170. The molecule has 1 aliphatic rings. The molecule has 8 heteroatoms. The van der Waals surface area contributed by atoms with E-state index in [-0.39, 0.29) is 10.9 Å². The number of nitrogens with one attached hydrogen (secondary N) is 1. The second kappa shape index (κ2) is 10.8. The minimum absolute atomic E-state index is 0.0204. The fourth-order valence-corrected chi connectivity index (χ4v) is 5.20. The fraction of sp³-hybridized carbons (Fsp3) is 0.320. The number of benzene rings is 2. The van der Waals surface area contributed by atoms with Crippen molar-refractivity contribution in [1.82, 2.24) is 9.62 Å². The van der Waals surface area contributed by atoms with Crippen molar-refractivity contribution >= 4 is 15.9 Å². The van der Waals surface area contributed by atoms with Gasteiger partial charge < -0.3 is 14.5 Å². The average Bonchev–Trinajstić information content (AvgIpc) is 3.36. The lowest BCUT2D eigenvalue weighted by atomic mass is 10.1. The molecule has 0 unspecified atom stereocenters. The Morgan fingerprint density at radius 2 is 1.58 bits per heavy atom. The highest BCUT2D eigenvalue weighted by molar-refractivity contribution is 7.89. The molecule has 0 aliphatic carbocycles. The minimum atomic E-state index is -3.70. The van der Waals surface area contributed by atoms with Gasteiger partial charge in [0.25, 0.3) is 15.9 Å². The van der Waals surface area contributed by atoms with Crippen LogP contribution in [0.5, 0.6) is 0 Å². The van der Waals surface area contributed by atoms with Crippen molar-refractivity contribution in [1.29, 1.82) is 0 Å². The molecule has 0 atom stereocenters. The van der Waals surface area contributed by atoms with E-state index < -0.39 is 15.9 Å². The first-order chi connectivity index (χ1) is 16.0. The molecule has 174 valence electrons. The van der Waals surface area contributed by atoms with E-state index in [0.717, 1.165) is 36.0 Å². The van der Waals surface area contributed by atoms with E-state index in [9.17, 15) is 13.2 Å². The quantitative estimate of drug-likeness (QED) is 0.511. The predicted molar refractivity (Wildman–Crippen MR) is 124 cm³/mol. The van der Waals surface area contributed by atoms with Crippen LogP contribution in [0, 0.1) is 0 Å². The van der Waals surface area contributed by atoms with Crippen LogP contribution in [0.4, 0.5) is 0 Å². The second-order valence-electron chi connectivity index (χ2n) is 8.06. The van der Waals surface area contributed by atoms with Gasteiger partial charge in [0.15, 0.2) is 5.76 Å². The SMILES string of the molecule is O=C(NCc1cccc(COCc2ccccc2)c1)c1ccc(S(=O)(=O)N2CCCCC2)o1. The van der Waals surface area contributed by atoms with Crippen LogP contribution in [0.1, 0.15) is 46.5 Å². The summed E-state index contributed by atoms with van der Waals surface area (Å²) in [5.74, 6) is -0.478. The summed E-state index contributed by atoms with van der Waals surface area (Å²) in [6.07, 6.45) is 2.70. The van der Waals surface area contributed by atoms with Gasteiger partial charge in [0.05, 0.1) is 13.2 Å². The number of furan rings is 1. The highest BCUT2D eigenvalue weighted by atomic mass is 32.2. The lowest BCUT2D eigenvalue weighted by molar-refractivity contribution is 0.0917. The van der Waals surface area contributed by atoms with Crippen molar-refractivity contribution < 1.29 is 22.4 Å². The molecule has 7 nitrogen and oxygen atoms in total. The Balaban J connectivity index is 1.30. The molecule has 1 aromatic heterocycles. The predicted octanol–water partition coefficient (Wildman–Crippen LogP) is 4.10. The molecule has 1 N–H and O–H groups in total. The van der Waals surface area contributed by atoms with Gasteiger partial charge in [-0.05, 0) is 41.7 Å². The molecule has 0 radical (unpaired) electrons. The van der Waals surface area contributed by atoms with Crippen LogP contribution in [0.2, 0.25) is 0 Å². The third kappa shape index (κ3) is 6.10. The van der Waals surface area contributed by atoms with E-state index in [1.807, 2.05) is 54.6 Å². The summed E-state index contributed by atoms with van der Waals surface area (Å²) in [6, 6.07) is 20.5. The van der Waals surface area contributed by atoms with Gasteiger partial charge in [-0.15, -0.1) is 0 Å². The molecule has 0 saturated carbocycles. The first kappa shape index (κ1) is 23.2. The highest BCUT2D eigenvalue weighted by Crippen LogP contribution is 2.22. The number of amides is 1. The van der Waals surface area contributed by atoms with E-state index in [1.165, 1.54) is 16.4 Å². The number of hydrogen-bond donors (Lipinski definition) is 1. The van der Waals surface area contributed by atoms with Gasteiger partial charge in [-0.25, -0.2) is 8.42 Å². The van der Waals surface area contributed by atoms with Crippen molar-refractivity contribution in [2.45, 2.75) is 44.1 Å². The molecular weight excluding hydrogens is 440 g/mol. The molecule has 4 rings (SSSR count). The molecule has 1 aliphatic heterocycles. The van der Waals surface area contributed by atoms with Gasteiger partial charge in [0.2, 0.25) is 5.09 Å². The summed E-state index contributed by atoms with van der Waals surface area (Å²) in [7, 11) is -3.70. The lowest BCUT2D eigenvalue weighted by Crippen LogP contribution is -2.35. The number of ether oxygens (including phenoxy) is 1. The minimum Gasteiger partial charge on any atom is -0.438 e. The molecule has 1 saturated heterocycles. The number of piperidine rings is 1. The third-order valence-electron chi connectivity index (χ3n) is 5.54. The zero-order valence-corrected chi connectivity index (χ0v) is 19.2. The zero-order valence-electron chi connectivity index (χ0n) is 18.4. The van der Waals surface area contributed by atoms with Gasteiger partial charge in [0, 0.05) is 19.6 Å². The third-order valence-corrected chi connectivity index (χ3v) is 7.31. The number of carbonyl (C=O) groups is 1. The van der Waals surface area contributed by atoms with Crippen LogP contribution < -0.4 is 5.32 Å². The number of rotatable bonds is 9. The number of hydrogen-bond acceptors (Lipinski definition) is 5. The van der Waals surface area contributed by atoms with Gasteiger partial charge in [-0.3, -0.25) is 4.79 Å². The summed E-state index contributed by atoms with van der Waals surface area (Å²) >= 11 is 0. The second-order valence-corrected chi connectivity index (χ2v) is 9.93. The van der Waals surface area contributed by atoms with Crippen LogP contribution in [0.3, 0.4) is 0 Å². The zero-order chi connectivity index (χ0) is 23.1. The highest BCUT2D eigenvalue weighted by Gasteiger charge is 2.29. The van der Waals surface area contributed by atoms with E-state index in [0.29, 0.717) is 32.8 Å². The first-order valence-electron chi connectivity index (χ1n) is 11.1. The first-order valence-corrected chi connectivity index (χ1v) is 12.5. The van der Waals surface area contributed by atoms with Crippen LogP contribution in [-0.2, 0) is 34.5 Å². The number of carbonyl (C=O) groups excluding carboxylic acids is 1. The van der Waals surface area contributed by atoms with Crippen molar-refractivity contribution in [2.75, 3.05) is 13.1 Å². The molecule has 2 aromatic carbocycles. The molecule has 33 heavy (non-hydrogen) atoms. The smallest absolute Gasteiger partial charge is 0.287 e. The fourth-order valence-electron chi connectivity index (χ4n) is 3.77. The van der Waals surface area contributed by atoms with Crippen LogP contribution in [0.25, 0.3) is 0 Å². The molecule has 3 aromatic rings. The number of nitrogens with zero attached hydrogens (tertiary/aromatic N) is 1. The summed E-state index contributed by atoms with van der Waals surface area (Å²) in [5.41, 5.74) is 3.03. The summed E-state index contributed by atoms with van der Waals surface area (Å²) in [6.45, 7) is 2.25. The van der Waals surface area contributed by atoms with E-state index in [1.54, 1.807) is 0 Å². The van der Waals surface area contributed by atoms with Gasteiger partial charge in [0.1, 0.15) is 0 Å². The Labute approximate surface area is 194 Å². The van der Waals surface area contributed by atoms with Crippen molar-refractivity contribution in [3.63, 3.8) is 0 Å². The summed E-state index contributed by atoms with van der Waals surface area (Å²) < 4.78 is 38.0. The Kier molecular flexibility index (Phi) is 7.59. The van der Waals surface area contributed by atoms with E-state index >= 15 is 0 Å². The van der Waals surface area contributed by atoms with Gasteiger partial charge in [-0.2, -0.15) is 4.31 Å². The maximum atomic E-state index is 12.7. The molecule has 0 bridgehead atoms. The molecule has 0 spiro atoms. The molecule has 2 heterocycles. The monoisotopic (exact) mass is 468 g/mol. The van der Waals surface area contributed by atoms with Gasteiger partial charge >= 0.3 is 0 Å². The Morgan fingerprint density at radius 3 is 2.36 bits per heavy atom. The molecule has 1 amide bonds. The number of sulfonamides is 1. The standard InChI is InChI=1S/C25H28N2O5S/c28-25(23-12-13-24(32-23)33(29,30)27-14-5-2-6-15-27)26-17-21-10-7-11-22(16-21)19-31-18-20-8-3-1-4-9-20/h1,3-4,7-13,16H,2,5-6,14-15,17-19H2,(H,26,28). The largest absolute Gasteiger partial charge is 0.438 e. The van der Waals surface area contributed by atoms with Crippen molar-refractivity contribution in [3.8, 4) is 0 Å². The Hall–Kier alpha value is -2.94. The normalized spacial score (nSPS) is 14.8. The van der Waals surface area contributed by atoms with Crippen LogP contribution in [-0.4, -0.2) is 31.7 Å².